The first-order valence-corrected chi connectivity index (χ1v) is 17.9. The highest BCUT2D eigenvalue weighted by molar-refractivity contribution is 7.98. The van der Waals surface area contributed by atoms with Crippen LogP contribution in [0.25, 0.3) is 0 Å². The Balaban J connectivity index is 1.50. The van der Waals surface area contributed by atoms with Crippen molar-refractivity contribution < 1.29 is 19.8 Å². The van der Waals surface area contributed by atoms with E-state index in [1.165, 1.54) is 24.8 Å². The molecule has 232 valence electrons. The predicted molar refractivity (Wildman–Crippen MR) is 168 cm³/mol. The lowest BCUT2D eigenvalue weighted by Crippen LogP contribution is -2.67. The fraction of sp³-hybridized carbons (Fsp3) is 0.886. The Labute approximate surface area is 253 Å². The van der Waals surface area contributed by atoms with E-state index in [2.05, 4.69) is 53.4 Å². The maximum Gasteiger partial charge on any atom is 0.326 e. The summed E-state index contributed by atoms with van der Waals surface area (Å²) >= 11 is 1.62. The van der Waals surface area contributed by atoms with E-state index in [0.29, 0.717) is 30.1 Å². The van der Waals surface area contributed by atoms with Crippen LogP contribution < -0.4 is 5.32 Å². The van der Waals surface area contributed by atoms with Gasteiger partial charge in [-0.2, -0.15) is 11.8 Å². The van der Waals surface area contributed by atoms with E-state index < -0.39 is 17.4 Å². The second-order valence-corrected chi connectivity index (χ2v) is 17.3. The number of aliphatic carboxylic acids is 1. The largest absolute Gasteiger partial charge is 0.480 e. The minimum atomic E-state index is -0.922. The molecule has 0 aromatic heterocycles. The Kier molecular flexibility index (Phi) is 8.09. The molecule has 0 heterocycles. The highest BCUT2D eigenvalue weighted by Crippen LogP contribution is 2.77. The summed E-state index contributed by atoms with van der Waals surface area (Å²) in [6.07, 6.45) is 12.6. The van der Waals surface area contributed by atoms with Gasteiger partial charge in [0.1, 0.15) is 6.04 Å². The molecule has 0 spiro atoms. The summed E-state index contributed by atoms with van der Waals surface area (Å²) in [7, 11) is 0. The van der Waals surface area contributed by atoms with Crippen LogP contribution in [0.2, 0.25) is 0 Å². The zero-order chi connectivity index (χ0) is 30.2. The number of allylic oxidation sites excluding steroid dienone is 1. The van der Waals surface area contributed by atoms with Crippen molar-refractivity contribution in [3.05, 3.63) is 12.2 Å². The van der Waals surface area contributed by atoms with Gasteiger partial charge in [0, 0.05) is 0 Å². The lowest BCUT2D eigenvalue weighted by Gasteiger charge is -2.72. The van der Waals surface area contributed by atoms with Gasteiger partial charge in [-0.25, -0.2) is 4.79 Å². The number of nitrogens with one attached hydrogen (secondary N) is 1. The van der Waals surface area contributed by atoms with Crippen molar-refractivity contribution in [3.63, 3.8) is 0 Å². The number of carboxylic acids is 1. The Morgan fingerprint density at radius 2 is 1.63 bits per heavy atom. The molecular formula is C35H57NO4S. The Hall–Kier alpha value is -1.01. The molecule has 0 aromatic rings. The van der Waals surface area contributed by atoms with Crippen LogP contribution in [0.15, 0.2) is 12.2 Å². The molecule has 0 aromatic carbocycles. The average Bonchev–Trinajstić information content (AvgIpc) is 3.30. The first-order valence-electron chi connectivity index (χ1n) is 16.5. The Morgan fingerprint density at radius 1 is 0.927 bits per heavy atom. The molecule has 0 unspecified atom stereocenters. The Morgan fingerprint density at radius 3 is 2.27 bits per heavy atom. The summed E-state index contributed by atoms with van der Waals surface area (Å²) in [4.78, 5) is 26.4. The number of hydrogen-bond acceptors (Lipinski definition) is 4. The summed E-state index contributed by atoms with van der Waals surface area (Å²) in [6.45, 7) is 18.9. The van der Waals surface area contributed by atoms with Gasteiger partial charge in [0.2, 0.25) is 5.91 Å². The number of carboxylic acid groups (broad SMARTS) is 1. The first kappa shape index (κ1) is 31.4. The van der Waals surface area contributed by atoms with Gasteiger partial charge in [-0.15, -0.1) is 0 Å². The number of carbonyl (C=O) groups is 2. The molecule has 1 amide bonds. The van der Waals surface area contributed by atoms with Gasteiger partial charge in [-0.1, -0.05) is 46.8 Å². The minimum absolute atomic E-state index is 0.00670. The summed E-state index contributed by atoms with van der Waals surface area (Å²) < 4.78 is 0. The zero-order valence-corrected chi connectivity index (χ0v) is 27.7. The molecule has 6 heteroatoms. The number of thioether (sulfide) groups is 1. The van der Waals surface area contributed by atoms with Crippen LogP contribution in [0.1, 0.15) is 112 Å². The number of aliphatic hydroxyl groups excluding tert-OH is 1. The predicted octanol–water partition coefficient (Wildman–Crippen LogP) is 7.33. The van der Waals surface area contributed by atoms with Crippen molar-refractivity contribution in [2.45, 2.75) is 124 Å². The summed E-state index contributed by atoms with van der Waals surface area (Å²) in [5, 5.41) is 24.0. The fourth-order valence-corrected chi connectivity index (χ4v) is 12.8. The first-order chi connectivity index (χ1) is 19.1. The average molecular weight is 588 g/mol. The monoisotopic (exact) mass is 587 g/mol. The van der Waals surface area contributed by atoms with E-state index in [1.807, 2.05) is 6.26 Å². The van der Waals surface area contributed by atoms with Gasteiger partial charge in [-0.3, -0.25) is 4.79 Å². The molecule has 11 atom stereocenters. The number of aliphatic hydroxyl groups is 1. The van der Waals surface area contributed by atoms with E-state index in [0.717, 1.165) is 50.7 Å². The van der Waals surface area contributed by atoms with E-state index in [-0.39, 0.29) is 39.6 Å². The van der Waals surface area contributed by atoms with Crippen LogP contribution >= 0.6 is 11.8 Å². The maximum absolute atomic E-state index is 14.3. The molecule has 0 saturated heterocycles. The third-order valence-electron chi connectivity index (χ3n) is 14.7. The van der Waals surface area contributed by atoms with Gasteiger partial charge in [0.05, 0.1) is 11.5 Å². The van der Waals surface area contributed by atoms with Crippen LogP contribution in [-0.2, 0) is 9.59 Å². The second kappa shape index (κ2) is 10.6. The third kappa shape index (κ3) is 4.41. The molecule has 5 rings (SSSR count). The summed E-state index contributed by atoms with van der Waals surface area (Å²) in [6, 6.07) is -0.823. The van der Waals surface area contributed by atoms with Crippen molar-refractivity contribution in [2.24, 2.45) is 56.7 Å². The molecular weight excluding hydrogens is 530 g/mol. The van der Waals surface area contributed by atoms with Gasteiger partial charge >= 0.3 is 5.97 Å². The SMILES string of the molecule is C=C(C)[C@@H]1CC[C@]2(C(=O)N[C@@H](CCSC)C(=O)O)CC[C@]3(C)[C@H](CC[C@@H]4[C@@]5(C)CC[C@H](O)C(C)(C)[C@@H]5CC[C@]43C)[C@@H]12. The van der Waals surface area contributed by atoms with Crippen LogP contribution in [0.4, 0.5) is 0 Å². The molecule has 5 aliphatic carbocycles. The van der Waals surface area contributed by atoms with Crippen LogP contribution in [-0.4, -0.2) is 46.2 Å². The number of carbonyl (C=O) groups excluding carboxylic acids is 1. The standard InChI is InChI=1S/C35H57NO4S/c1-21(2)22-11-17-35(30(40)36-24(29(38)39)14-20-41-8)19-18-33(6)23(28(22)35)9-10-26-32(5)15-13-27(37)31(3,4)25(32)12-16-34(26,33)7/h22-28,37H,1,9-20H2,2-8H3,(H,36,40)(H,38,39)/t22-,23+,24-,25-,26+,27-,28+,32-,33+,34+,35-/m0/s1. The number of amides is 1. The molecule has 0 aliphatic heterocycles. The molecule has 5 nitrogen and oxygen atoms in total. The maximum atomic E-state index is 14.3. The van der Waals surface area contributed by atoms with Gasteiger partial charge < -0.3 is 15.5 Å². The third-order valence-corrected chi connectivity index (χ3v) is 15.4. The number of rotatable bonds is 7. The quantitative estimate of drug-likeness (QED) is 0.272. The van der Waals surface area contributed by atoms with Crippen molar-refractivity contribution >= 4 is 23.6 Å². The molecule has 41 heavy (non-hydrogen) atoms. The van der Waals surface area contributed by atoms with Gasteiger partial charge in [0.25, 0.3) is 0 Å². The lowest BCUT2D eigenvalue weighted by molar-refractivity contribution is -0.246. The molecule has 0 radical (unpaired) electrons. The number of hydrogen-bond donors (Lipinski definition) is 3. The second-order valence-electron chi connectivity index (χ2n) is 16.4. The smallest absolute Gasteiger partial charge is 0.326 e. The molecule has 5 saturated carbocycles. The van der Waals surface area contributed by atoms with Crippen molar-refractivity contribution in [1.82, 2.24) is 5.32 Å². The lowest BCUT2D eigenvalue weighted by atomic mass is 9.32. The van der Waals surface area contributed by atoms with Crippen LogP contribution in [0.3, 0.4) is 0 Å². The molecule has 3 N–H and O–H groups in total. The van der Waals surface area contributed by atoms with E-state index in [1.54, 1.807) is 11.8 Å². The molecule has 0 bridgehead atoms. The van der Waals surface area contributed by atoms with Crippen LogP contribution in [0, 0.1) is 56.7 Å². The Bertz CT molecular complexity index is 1070. The van der Waals surface area contributed by atoms with Crippen molar-refractivity contribution in [1.29, 1.82) is 0 Å². The van der Waals surface area contributed by atoms with Gasteiger partial charge in [0.15, 0.2) is 0 Å². The van der Waals surface area contributed by atoms with Crippen molar-refractivity contribution in [2.75, 3.05) is 12.0 Å². The summed E-state index contributed by atoms with van der Waals surface area (Å²) in [5.41, 5.74) is 1.18. The highest BCUT2D eigenvalue weighted by atomic mass is 32.2. The topological polar surface area (TPSA) is 86.6 Å². The molecule has 5 fully saturated rings. The summed E-state index contributed by atoms with van der Waals surface area (Å²) in [5.74, 6) is 1.92. The van der Waals surface area contributed by atoms with Crippen LogP contribution in [0.5, 0.6) is 0 Å². The van der Waals surface area contributed by atoms with E-state index >= 15 is 0 Å². The molecule has 5 aliphatic rings. The van der Waals surface area contributed by atoms with Gasteiger partial charge in [-0.05, 0) is 141 Å². The highest BCUT2D eigenvalue weighted by Gasteiger charge is 2.71. The fourth-order valence-electron chi connectivity index (χ4n) is 12.3. The van der Waals surface area contributed by atoms with E-state index in [4.69, 9.17) is 0 Å². The minimum Gasteiger partial charge on any atom is -0.480 e. The van der Waals surface area contributed by atoms with E-state index in [9.17, 15) is 19.8 Å². The normalized spacial score (nSPS) is 47.2. The number of fused-ring (bicyclic) bond motifs is 7. The zero-order valence-electron chi connectivity index (χ0n) is 26.9. The van der Waals surface area contributed by atoms with Crippen molar-refractivity contribution in [3.8, 4) is 0 Å².